The maximum atomic E-state index is 11.8. The largest absolute Gasteiger partial charge is 0.343 e. The highest BCUT2D eigenvalue weighted by molar-refractivity contribution is 5.76. The fourth-order valence-electron chi connectivity index (χ4n) is 3.14. The lowest BCUT2D eigenvalue weighted by Crippen LogP contribution is -2.27. The molecule has 22 heavy (non-hydrogen) atoms. The summed E-state index contributed by atoms with van der Waals surface area (Å²) in [4.78, 5) is 13.9. The fourth-order valence-corrected chi connectivity index (χ4v) is 3.14. The summed E-state index contributed by atoms with van der Waals surface area (Å²) in [6.07, 6.45) is 22.2. The summed E-state index contributed by atoms with van der Waals surface area (Å²) in [5.74, 6) is 0.352. The number of unbranched alkanes of at least 4 members (excludes halogenated alkanes) is 9. The van der Waals surface area contributed by atoms with Crippen LogP contribution in [-0.4, -0.2) is 23.9 Å². The minimum atomic E-state index is 0.352. The Morgan fingerprint density at radius 2 is 1.36 bits per heavy atom. The van der Waals surface area contributed by atoms with Crippen molar-refractivity contribution in [3.8, 4) is 0 Å². The van der Waals surface area contributed by atoms with Crippen molar-refractivity contribution in [1.82, 2.24) is 4.90 Å². The lowest BCUT2D eigenvalue weighted by Gasteiger charge is -2.13. The molecule has 128 valence electrons. The molecule has 1 aliphatic rings. The Morgan fingerprint density at radius 3 is 2.00 bits per heavy atom. The Kier molecular flexibility index (Phi) is 12.1. The molecule has 2 nitrogen and oxygen atoms in total. The van der Waals surface area contributed by atoms with Crippen LogP contribution < -0.4 is 0 Å². The number of carbonyl (C=O) groups excluding carboxylic acids is 1. The van der Waals surface area contributed by atoms with Crippen molar-refractivity contribution in [3.63, 3.8) is 0 Å². The van der Waals surface area contributed by atoms with Crippen molar-refractivity contribution in [1.29, 1.82) is 0 Å². The van der Waals surface area contributed by atoms with E-state index in [9.17, 15) is 4.79 Å². The second kappa shape index (κ2) is 13.8. The van der Waals surface area contributed by atoms with Crippen LogP contribution in [0.5, 0.6) is 0 Å². The Labute approximate surface area is 138 Å². The van der Waals surface area contributed by atoms with Crippen LogP contribution in [0.2, 0.25) is 0 Å². The number of hydrogen-bond donors (Lipinski definition) is 0. The smallest absolute Gasteiger partial charge is 0.222 e. The lowest BCUT2D eigenvalue weighted by atomic mass is 10.1. The first-order valence-electron chi connectivity index (χ1n) is 9.77. The second-order valence-corrected chi connectivity index (χ2v) is 6.72. The zero-order chi connectivity index (χ0) is 15.9. The third kappa shape index (κ3) is 10.0. The topological polar surface area (TPSA) is 20.3 Å². The molecule has 2 heteroatoms. The van der Waals surface area contributed by atoms with Crippen LogP contribution in [0.4, 0.5) is 0 Å². The summed E-state index contributed by atoms with van der Waals surface area (Å²) in [6.45, 7) is 4.25. The minimum Gasteiger partial charge on any atom is -0.343 e. The van der Waals surface area contributed by atoms with E-state index >= 15 is 0 Å². The molecule has 1 fully saturated rings. The number of allylic oxidation sites excluding steroid dienone is 2. The molecule has 0 radical (unpaired) electrons. The van der Waals surface area contributed by atoms with Gasteiger partial charge in [0, 0.05) is 19.5 Å². The molecular formula is C20H37NO. The van der Waals surface area contributed by atoms with E-state index in [4.69, 9.17) is 0 Å². The summed E-state index contributed by atoms with van der Waals surface area (Å²) < 4.78 is 0. The lowest BCUT2D eigenvalue weighted by molar-refractivity contribution is -0.130. The highest BCUT2D eigenvalue weighted by Gasteiger charge is 2.16. The van der Waals surface area contributed by atoms with E-state index in [2.05, 4.69) is 19.1 Å². The summed E-state index contributed by atoms with van der Waals surface area (Å²) in [5.41, 5.74) is 0. The zero-order valence-electron chi connectivity index (χ0n) is 14.8. The molecule has 0 aliphatic carbocycles. The average molecular weight is 308 g/mol. The SMILES string of the molecule is CCCCCCCCCCC/C=C\CCC(=O)N1CCCC1. The predicted octanol–water partition coefficient (Wildman–Crippen LogP) is 5.87. The molecule has 0 aromatic heterocycles. The predicted molar refractivity (Wildman–Crippen MR) is 96.0 cm³/mol. The molecule has 1 aliphatic heterocycles. The Hall–Kier alpha value is -0.790. The molecule has 0 aromatic rings. The van der Waals surface area contributed by atoms with Gasteiger partial charge in [-0.05, 0) is 32.1 Å². The summed E-state index contributed by atoms with van der Waals surface area (Å²) >= 11 is 0. The van der Waals surface area contributed by atoms with E-state index in [1.54, 1.807) is 0 Å². The number of rotatable bonds is 13. The van der Waals surface area contributed by atoms with Crippen LogP contribution >= 0.6 is 0 Å². The molecule has 0 bridgehead atoms. The van der Waals surface area contributed by atoms with Gasteiger partial charge in [0.15, 0.2) is 0 Å². The monoisotopic (exact) mass is 307 g/mol. The molecule has 0 spiro atoms. The molecule has 0 aromatic carbocycles. The number of amides is 1. The van der Waals surface area contributed by atoms with Gasteiger partial charge in [-0.1, -0.05) is 70.4 Å². The Balaban J connectivity index is 1.81. The standard InChI is InChI=1S/C20H37NO/c1-2-3-4-5-6-7-8-9-10-11-12-13-14-17-20(22)21-18-15-16-19-21/h12-13H,2-11,14-19H2,1H3/b13-12-. The van der Waals surface area contributed by atoms with Gasteiger partial charge in [0.05, 0.1) is 0 Å². The van der Waals surface area contributed by atoms with Crippen molar-refractivity contribution in [3.05, 3.63) is 12.2 Å². The van der Waals surface area contributed by atoms with E-state index in [0.717, 1.165) is 19.5 Å². The zero-order valence-corrected chi connectivity index (χ0v) is 14.8. The van der Waals surface area contributed by atoms with Crippen LogP contribution in [0.3, 0.4) is 0 Å². The molecule has 1 rings (SSSR count). The summed E-state index contributed by atoms with van der Waals surface area (Å²) in [6, 6.07) is 0. The van der Waals surface area contributed by atoms with Gasteiger partial charge >= 0.3 is 0 Å². The molecule has 1 saturated heterocycles. The first kappa shape index (κ1) is 19.3. The van der Waals surface area contributed by atoms with Gasteiger partial charge in [-0.3, -0.25) is 4.79 Å². The van der Waals surface area contributed by atoms with Gasteiger partial charge in [0.25, 0.3) is 0 Å². The summed E-state index contributed by atoms with van der Waals surface area (Å²) in [7, 11) is 0. The molecule has 0 atom stereocenters. The maximum absolute atomic E-state index is 11.8. The molecule has 0 unspecified atom stereocenters. The van der Waals surface area contributed by atoms with Crippen LogP contribution in [-0.2, 0) is 4.79 Å². The van der Waals surface area contributed by atoms with Gasteiger partial charge in [-0.2, -0.15) is 0 Å². The molecule has 0 N–H and O–H groups in total. The van der Waals surface area contributed by atoms with Gasteiger partial charge in [-0.15, -0.1) is 0 Å². The van der Waals surface area contributed by atoms with E-state index < -0.39 is 0 Å². The van der Waals surface area contributed by atoms with Crippen LogP contribution in [0.15, 0.2) is 12.2 Å². The van der Waals surface area contributed by atoms with Crippen LogP contribution in [0, 0.1) is 0 Å². The van der Waals surface area contributed by atoms with E-state index in [1.165, 1.54) is 77.0 Å². The third-order valence-corrected chi connectivity index (χ3v) is 4.62. The quantitative estimate of drug-likeness (QED) is 0.308. The highest BCUT2D eigenvalue weighted by Crippen LogP contribution is 2.12. The Morgan fingerprint density at radius 1 is 0.818 bits per heavy atom. The van der Waals surface area contributed by atoms with Crippen molar-refractivity contribution < 1.29 is 4.79 Å². The van der Waals surface area contributed by atoms with E-state index in [1.807, 2.05) is 4.90 Å². The van der Waals surface area contributed by atoms with E-state index in [-0.39, 0.29) is 0 Å². The summed E-state index contributed by atoms with van der Waals surface area (Å²) in [5, 5.41) is 0. The average Bonchev–Trinajstić information content (AvgIpc) is 3.06. The molecule has 1 heterocycles. The van der Waals surface area contributed by atoms with Crippen molar-refractivity contribution >= 4 is 5.91 Å². The fraction of sp³-hybridized carbons (Fsp3) is 0.850. The minimum absolute atomic E-state index is 0.352. The van der Waals surface area contributed by atoms with Crippen molar-refractivity contribution in [2.75, 3.05) is 13.1 Å². The second-order valence-electron chi connectivity index (χ2n) is 6.72. The van der Waals surface area contributed by atoms with E-state index in [0.29, 0.717) is 12.3 Å². The first-order valence-corrected chi connectivity index (χ1v) is 9.77. The molecule has 0 saturated carbocycles. The van der Waals surface area contributed by atoms with Crippen LogP contribution in [0.1, 0.15) is 96.8 Å². The Bertz CT molecular complexity index is 292. The molecule has 1 amide bonds. The van der Waals surface area contributed by atoms with Gasteiger partial charge < -0.3 is 4.90 Å². The van der Waals surface area contributed by atoms with Gasteiger partial charge in [0.2, 0.25) is 5.91 Å². The number of nitrogens with zero attached hydrogens (tertiary/aromatic N) is 1. The number of hydrogen-bond acceptors (Lipinski definition) is 1. The van der Waals surface area contributed by atoms with Crippen molar-refractivity contribution in [2.24, 2.45) is 0 Å². The highest BCUT2D eigenvalue weighted by atomic mass is 16.2. The molecular weight excluding hydrogens is 270 g/mol. The van der Waals surface area contributed by atoms with Gasteiger partial charge in [0.1, 0.15) is 0 Å². The normalized spacial score (nSPS) is 15.0. The number of likely N-dealkylation sites (tertiary alicyclic amines) is 1. The first-order chi connectivity index (χ1) is 10.8. The number of carbonyl (C=O) groups is 1. The maximum Gasteiger partial charge on any atom is 0.222 e. The third-order valence-electron chi connectivity index (χ3n) is 4.62. The van der Waals surface area contributed by atoms with Crippen molar-refractivity contribution in [2.45, 2.75) is 96.8 Å². The van der Waals surface area contributed by atoms with Gasteiger partial charge in [-0.25, -0.2) is 0 Å². The van der Waals surface area contributed by atoms with Crippen LogP contribution in [0.25, 0.3) is 0 Å².